The quantitative estimate of drug-likeness (QED) is 0.862. The van der Waals surface area contributed by atoms with E-state index in [2.05, 4.69) is 5.32 Å². The maximum Gasteiger partial charge on any atom is 0.254 e. The highest BCUT2D eigenvalue weighted by molar-refractivity contribution is 5.96. The molecule has 2 N–H and O–H groups in total. The van der Waals surface area contributed by atoms with Crippen molar-refractivity contribution in [1.29, 1.82) is 0 Å². The maximum atomic E-state index is 13.4. The van der Waals surface area contributed by atoms with Crippen molar-refractivity contribution >= 4 is 11.8 Å². The van der Waals surface area contributed by atoms with Gasteiger partial charge < -0.3 is 15.3 Å². The molecule has 1 aliphatic rings. The molecule has 21 heavy (non-hydrogen) atoms. The lowest BCUT2D eigenvalue weighted by molar-refractivity contribution is -0.132. The Bertz CT molecular complexity index is 535. The summed E-state index contributed by atoms with van der Waals surface area (Å²) in [5.74, 6) is -1.26. The minimum atomic E-state index is -0.620. The van der Waals surface area contributed by atoms with E-state index in [1.165, 1.54) is 18.2 Å². The van der Waals surface area contributed by atoms with Gasteiger partial charge in [0.25, 0.3) is 5.91 Å². The van der Waals surface area contributed by atoms with Gasteiger partial charge in [-0.3, -0.25) is 9.59 Å². The SMILES string of the molecule is CC1CCN(C(=O)CNC(=O)c2ccccc2F)C1CO. The van der Waals surface area contributed by atoms with Gasteiger partial charge in [-0.1, -0.05) is 19.1 Å². The van der Waals surface area contributed by atoms with Gasteiger partial charge in [-0.05, 0) is 24.5 Å². The average Bonchev–Trinajstić information content (AvgIpc) is 2.85. The summed E-state index contributed by atoms with van der Waals surface area (Å²) in [6.45, 7) is 2.26. The van der Waals surface area contributed by atoms with Crippen LogP contribution < -0.4 is 5.32 Å². The van der Waals surface area contributed by atoms with E-state index < -0.39 is 11.7 Å². The second kappa shape index (κ2) is 6.67. The van der Waals surface area contributed by atoms with E-state index in [9.17, 15) is 19.1 Å². The van der Waals surface area contributed by atoms with E-state index in [1.54, 1.807) is 11.0 Å². The molecule has 2 rings (SSSR count). The smallest absolute Gasteiger partial charge is 0.254 e. The Balaban J connectivity index is 1.93. The fourth-order valence-corrected chi connectivity index (χ4v) is 2.59. The molecule has 2 atom stereocenters. The van der Waals surface area contributed by atoms with Gasteiger partial charge in [-0.15, -0.1) is 0 Å². The van der Waals surface area contributed by atoms with Crippen LogP contribution in [0, 0.1) is 11.7 Å². The highest BCUT2D eigenvalue weighted by Gasteiger charge is 2.33. The van der Waals surface area contributed by atoms with Crippen molar-refractivity contribution in [3.63, 3.8) is 0 Å². The molecule has 0 aliphatic carbocycles. The Kier molecular flexibility index (Phi) is 4.90. The van der Waals surface area contributed by atoms with E-state index in [0.29, 0.717) is 6.54 Å². The first-order valence-corrected chi connectivity index (χ1v) is 6.97. The van der Waals surface area contributed by atoms with Crippen LogP contribution in [0.15, 0.2) is 24.3 Å². The van der Waals surface area contributed by atoms with Crippen LogP contribution in [-0.2, 0) is 4.79 Å². The fourth-order valence-electron chi connectivity index (χ4n) is 2.59. The third-order valence-electron chi connectivity index (χ3n) is 3.91. The van der Waals surface area contributed by atoms with Gasteiger partial charge in [0, 0.05) is 6.54 Å². The standard InChI is InChI=1S/C15H19FN2O3/c1-10-6-7-18(13(10)9-19)14(20)8-17-15(21)11-4-2-3-5-12(11)16/h2-5,10,13,19H,6-9H2,1H3,(H,17,21). The van der Waals surface area contributed by atoms with Gasteiger partial charge in [-0.25, -0.2) is 4.39 Å². The first kappa shape index (κ1) is 15.4. The molecule has 114 valence electrons. The Morgan fingerprint density at radius 3 is 2.81 bits per heavy atom. The summed E-state index contributed by atoms with van der Waals surface area (Å²) in [7, 11) is 0. The zero-order valence-electron chi connectivity index (χ0n) is 11.9. The van der Waals surface area contributed by atoms with Crippen LogP contribution in [0.5, 0.6) is 0 Å². The molecule has 2 amide bonds. The van der Waals surface area contributed by atoms with Crippen LogP contribution >= 0.6 is 0 Å². The summed E-state index contributed by atoms with van der Waals surface area (Å²) in [5, 5.41) is 11.7. The summed E-state index contributed by atoms with van der Waals surface area (Å²) in [5.41, 5.74) is -0.0844. The van der Waals surface area contributed by atoms with Crippen molar-refractivity contribution in [3.8, 4) is 0 Å². The lowest BCUT2D eigenvalue weighted by Gasteiger charge is -2.25. The van der Waals surface area contributed by atoms with Gasteiger partial charge in [0.05, 0.1) is 24.8 Å². The predicted octanol–water partition coefficient (Wildman–Crippen LogP) is 0.785. The monoisotopic (exact) mass is 294 g/mol. The highest BCUT2D eigenvalue weighted by Crippen LogP contribution is 2.23. The van der Waals surface area contributed by atoms with Crippen LogP contribution in [0.2, 0.25) is 0 Å². The Labute approximate surface area is 122 Å². The van der Waals surface area contributed by atoms with Crippen molar-refractivity contribution in [3.05, 3.63) is 35.6 Å². The lowest BCUT2D eigenvalue weighted by atomic mass is 10.0. The van der Waals surface area contributed by atoms with E-state index >= 15 is 0 Å². The highest BCUT2D eigenvalue weighted by atomic mass is 19.1. The topological polar surface area (TPSA) is 69.6 Å². The first-order chi connectivity index (χ1) is 10.0. The Hall–Kier alpha value is -1.95. The molecule has 0 radical (unpaired) electrons. The third-order valence-corrected chi connectivity index (χ3v) is 3.91. The number of halogens is 1. The number of aliphatic hydroxyl groups is 1. The molecule has 2 unspecified atom stereocenters. The predicted molar refractivity (Wildman–Crippen MR) is 75.1 cm³/mol. The second-order valence-corrected chi connectivity index (χ2v) is 5.27. The number of nitrogens with one attached hydrogen (secondary N) is 1. The summed E-state index contributed by atoms with van der Waals surface area (Å²) in [4.78, 5) is 25.5. The molecule has 0 saturated carbocycles. The van der Waals surface area contributed by atoms with Crippen LogP contribution in [-0.4, -0.2) is 47.6 Å². The van der Waals surface area contributed by atoms with E-state index in [-0.39, 0.29) is 36.6 Å². The third kappa shape index (κ3) is 3.39. The number of likely N-dealkylation sites (tertiary alicyclic amines) is 1. The molecule has 1 aromatic carbocycles. The summed E-state index contributed by atoms with van der Waals surface area (Å²) < 4.78 is 13.4. The van der Waals surface area contributed by atoms with E-state index in [4.69, 9.17) is 0 Å². The summed E-state index contributed by atoms with van der Waals surface area (Å²) in [6.07, 6.45) is 0.832. The van der Waals surface area contributed by atoms with Crippen LogP contribution in [0.4, 0.5) is 4.39 Å². The molecule has 6 heteroatoms. The van der Waals surface area contributed by atoms with Crippen molar-refractivity contribution in [1.82, 2.24) is 10.2 Å². The molecule has 1 saturated heterocycles. The minimum Gasteiger partial charge on any atom is -0.394 e. The molecule has 0 spiro atoms. The van der Waals surface area contributed by atoms with Crippen LogP contribution in [0.25, 0.3) is 0 Å². The number of benzene rings is 1. The van der Waals surface area contributed by atoms with E-state index in [1.807, 2.05) is 6.92 Å². The number of carbonyl (C=O) groups excluding carboxylic acids is 2. The average molecular weight is 294 g/mol. The molecule has 0 bridgehead atoms. The zero-order valence-corrected chi connectivity index (χ0v) is 11.9. The lowest BCUT2D eigenvalue weighted by Crippen LogP contribution is -2.45. The number of carbonyl (C=O) groups is 2. The fraction of sp³-hybridized carbons (Fsp3) is 0.467. The summed E-state index contributed by atoms with van der Waals surface area (Å²) in [6, 6.07) is 5.41. The van der Waals surface area contributed by atoms with Gasteiger partial charge in [0.1, 0.15) is 5.82 Å². The number of aliphatic hydroxyl groups excluding tert-OH is 1. The van der Waals surface area contributed by atoms with Gasteiger partial charge in [-0.2, -0.15) is 0 Å². The molecule has 1 aromatic rings. The molecule has 5 nitrogen and oxygen atoms in total. The molecular formula is C15H19FN2O3. The van der Waals surface area contributed by atoms with Crippen molar-refractivity contribution in [2.45, 2.75) is 19.4 Å². The van der Waals surface area contributed by atoms with E-state index in [0.717, 1.165) is 6.42 Å². The van der Waals surface area contributed by atoms with Gasteiger partial charge >= 0.3 is 0 Å². The van der Waals surface area contributed by atoms with Crippen LogP contribution in [0.3, 0.4) is 0 Å². The first-order valence-electron chi connectivity index (χ1n) is 6.97. The molecular weight excluding hydrogens is 275 g/mol. The second-order valence-electron chi connectivity index (χ2n) is 5.27. The number of amides is 2. The number of rotatable bonds is 4. The van der Waals surface area contributed by atoms with Crippen molar-refractivity contribution in [2.75, 3.05) is 19.7 Å². The molecule has 0 aromatic heterocycles. The largest absolute Gasteiger partial charge is 0.394 e. The number of hydrogen-bond donors (Lipinski definition) is 2. The minimum absolute atomic E-state index is 0.0844. The number of hydrogen-bond acceptors (Lipinski definition) is 3. The number of nitrogens with zero attached hydrogens (tertiary/aromatic N) is 1. The van der Waals surface area contributed by atoms with Crippen molar-refractivity contribution < 1.29 is 19.1 Å². The van der Waals surface area contributed by atoms with Crippen LogP contribution in [0.1, 0.15) is 23.7 Å². The normalized spacial score (nSPS) is 21.4. The molecule has 1 heterocycles. The van der Waals surface area contributed by atoms with Gasteiger partial charge in [0.2, 0.25) is 5.91 Å². The van der Waals surface area contributed by atoms with Crippen molar-refractivity contribution in [2.24, 2.45) is 5.92 Å². The van der Waals surface area contributed by atoms with Gasteiger partial charge in [0.15, 0.2) is 0 Å². The molecule has 1 fully saturated rings. The summed E-state index contributed by atoms with van der Waals surface area (Å²) >= 11 is 0. The zero-order chi connectivity index (χ0) is 15.4. The Morgan fingerprint density at radius 2 is 2.14 bits per heavy atom. The maximum absolute atomic E-state index is 13.4. The molecule has 1 aliphatic heterocycles. The Morgan fingerprint density at radius 1 is 1.43 bits per heavy atom.